The highest BCUT2D eigenvalue weighted by atomic mass is 32.2. The predicted molar refractivity (Wildman–Crippen MR) is 104 cm³/mol. The van der Waals surface area contributed by atoms with Crippen molar-refractivity contribution in [3.63, 3.8) is 0 Å². The monoisotopic (exact) mass is 404 g/mol. The van der Waals surface area contributed by atoms with E-state index in [1.54, 1.807) is 36.4 Å². The molecule has 3 aromatic rings. The Balaban J connectivity index is 1.65. The minimum Gasteiger partial charge on any atom is -0.419 e. The minimum atomic E-state index is -3.48. The zero-order valence-electron chi connectivity index (χ0n) is 15.6. The Morgan fingerprint density at radius 3 is 2.25 bits per heavy atom. The van der Waals surface area contributed by atoms with E-state index in [9.17, 15) is 12.8 Å². The van der Waals surface area contributed by atoms with E-state index in [1.807, 2.05) is 13.8 Å². The van der Waals surface area contributed by atoms with Gasteiger partial charge in [0.05, 0.1) is 11.4 Å². The van der Waals surface area contributed by atoms with Crippen molar-refractivity contribution in [3.05, 3.63) is 60.2 Å². The number of nitrogens with one attached hydrogen (secondary N) is 1. The standard InChI is InChI=1S/C19H21FN4O3S/c1-3-24(4-2)28(25,26)17-11-9-16(10-12-17)21-13-18-22-23-19(27-18)14-5-7-15(20)8-6-14/h5-12,21H,3-4,13H2,1-2H3. The Bertz CT molecular complexity index is 1010. The van der Waals surface area contributed by atoms with Crippen molar-refractivity contribution in [1.82, 2.24) is 14.5 Å². The number of sulfonamides is 1. The second-order valence-corrected chi connectivity index (χ2v) is 7.91. The van der Waals surface area contributed by atoms with E-state index in [-0.39, 0.29) is 17.3 Å². The van der Waals surface area contributed by atoms with Gasteiger partial charge in [0.2, 0.25) is 21.8 Å². The van der Waals surface area contributed by atoms with Crippen LogP contribution in [-0.4, -0.2) is 36.0 Å². The van der Waals surface area contributed by atoms with Gasteiger partial charge in [-0.3, -0.25) is 0 Å². The Labute approximate surface area is 163 Å². The lowest BCUT2D eigenvalue weighted by atomic mass is 10.2. The highest BCUT2D eigenvalue weighted by molar-refractivity contribution is 7.89. The van der Waals surface area contributed by atoms with Crippen LogP contribution in [0, 0.1) is 5.82 Å². The molecule has 7 nitrogen and oxygen atoms in total. The summed E-state index contributed by atoms with van der Waals surface area (Å²) in [7, 11) is -3.48. The largest absolute Gasteiger partial charge is 0.419 e. The first-order valence-corrected chi connectivity index (χ1v) is 10.3. The normalized spacial score (nSPS) is 11.7. The molecule has 0 spiro atoms. The summed E-state index contributed by atoms with van der Waals surface area (Å²) in [5.74, 6) is 0.327. The summed E-state index contributed by atoms with van der Waals surface area (Å²) < 4.78 is 44.9. The maximum absolute atomic E-state index is 13.0. The lowest BCUT2D eigenvalue weighted by Gasteiger charge is -2.18. The van der Waals surface area contributed by atoms with Crippen molar-refractivity contribution in [2.75, 3.05) is 18.4 Å². The fraction of sp³-hybridized carbons (Fsp3) is 0.263. The number of hydrogen-bond acceptors (Lipinski definition) is 6. The Kier molecular flexibility index (Phi) is 6.05. The van der Waals surface area contributed by atoms with Crippen LogP contribution in [0.4, 0.5) is 10.1 Å². The third kappa shape index (κ3) is 4.37. The summed E-state index contributed by atoms with van der Waals surface area (Å²) in [4.78, 5) is 0.248. The quantitative estimate of drug-likeness (QED) is 0.618. The van der Waals surface area contributed by atoms with Gasteiger partial charge in [0.25, 0.3) is 0 Å². The molecule has 1 aromatic heterocycles. The number of nitrogens with zero attached hydrogens (tertiary/aromatic N) is 3. The number of anilines is 1. The van der Waals surface area contributed by atoms with Crippen molar-refractivity contribution in [3.8, 4) is 11.5 Å². The maximum atomic E-state index is 13.0. The van der Waals surface area contributed by atoms with Crippen LogP contribution in [0.25, 0.3) is 11.5 Å². The molecule has 2 aromatic carbocycles. The van der Waals surface area contributed by atoms with Crippen molar-refractivity contribution in [1.29, 1.82) is 0 Å². The van der Waals surface area contributed by atoms with Crippen LogP contribution in [0.5, 0.6) is 0 Å². The van der Waals surface area contributed by atoms with Crippen LogP contribution in [-0.2, 0) is 16.6 Å². The first kappa shape index (κ1) is 20.0. The summed E-state index contributed by atoms with van der Waals surface area (Å²) in [5.41, 5.74) is 1.35. The average molecular weight is 404 g/mol. The molecule has 1 N–H and O–H groups in total. The molecule has 0 aliphatic rings. The van der Waals surface area contributed by atoms with E-state index in [1.165, 1.54) is 16.4 Å². The summed E-state index contributed by atoms with van der Waals surface area (Å²) in [5, 5.41) is 11.0. The zero-order valence-corrected chi connectivity index (χ0v) is 16.4. The van der Waals surface area contributed by atoms with Gasteiger partial charge in [-0.15, -0.1) is 10.2 Å². The topological polar surface area (TPSA) is 88.3 Å². The highest BCUT2D eigenvalue weighted by Gasteiger charge is 2.21. The molecule has 1 heterocycles. The molecular weight excluding hydrogens is 383 g/mol. The Morgan fingerprint density at radius 1 is 1.00 bits per heavy atom. The Hall–Kier alpha value is -2.78. The summed E-state index contributed by atoms with van der Waals surface area (Å²) in [6.07, 6.45) is 0. The number of rotatable bonds is 8. The van der Waals surface area contributed by atoms with Crippen LogP contribution >= 0.6 is 0 Å². The SMILES string of the molecule is CCN(CC)S(=O)(=O)c1ccc(NCc2nnc(-c3ccc(F)cc3)o2)cc1. The van der Waals surface area contributed by atoms with Crippen LogP contribution in [0.15, 0.2) is 57.8 Å². The van der Waals surface area contributed by atoms with Gasteiger partial charge in [-0.05, 0) is 48.5 Å². The molecule has 148 valence electrons. The van der Waals surface area contributed by atoms with Gasteiger partial charge in [0.15, 0.2) is 0 Å². The lowest BCUT2D eigenvalue weighted by Crippen LogP contribution is -2.30. The van der Waals surface area contributed by atoms with Crippen LogP contribution in [0.3, 0.4) is 0 Å². The van der Waals surface area contributed by atoms with Crippen molar-refractivity contribution in [2.45, 2.75) is 25.3 Å². The molecule has 0 saturated carbocycles. The van der Waals surface area contributed by atoms with Gasteiger partial charge >= 0.3 is 0 Å². The molecule has 9 heteroatoms. The second kappa shape index (κ2) is 8.49. The number of halogens is 1. The van der Waals surface area contributed by atoms with E-state index in [0.717, 1.165) is 5.69 Å². The van der Waals surface area contributed by atoms with Crippen LogP contribution in [0.2, 0.25) is 0 Å². The first-order chi connectivity index (χ1) is 13.4. The minimum absolute atomic E-state index is 0.248. The third-order valence-electron chi connectivity index (χ3n) is 4.20. The number of hydrogen-bond donors (Lipinski definition) is 1. The molecule has 28 heavy (non-hydrogen) atoms. The molecule has 0 saturated heterocycles. The first-order valence-electron chi connectivity index (χ1n) is 8.86. The average Bonchev–Trinajstić information content (AvgIpc) is 3.17. The molecule has 0 unspecified atom stereocenters. The molecule has 0 radical (unpaired) electrons. The molecule has 0 bridgehead atoms. The smallest absolute Gasteiger partial charge is 0.247 e. The van der Waals surface area contributed by atoms with Gasteiger partial charge in [-0.2, -0.15) is 4.31 Å². The highest BCUT2D eigenvalue weighted by Crippen LogP contribution is 2.20. The maximum Gasteiger partial charge on any atom is 0.247 e. The van der Waals surface area contributed by atoms with Gasteiger partial charge in [-0.1, -0.05) is 13.8 Å². The fourth-order valence-corrected chi connectivity index (χ4v) is 4.13. The van der Waals surface area contributed by atoms with E-state index in [2.05, 4.69) is 15.5 Å². The van der Waals surface area contributed by atoms with Crippen LogP contribution < -0.4 is 5.32 Å². The summed E-state index contributed by atoms with van der Waals surface area (Å²) in [6, 6.07) is 12.3. The predicted octanol–water partition coefficient (Wildman–Crippen LogP) is 3.52. The van der Waals surface area contributed by atoms with E-state index in [4.69, 9.17) is 4.42 Å². The fourth-order valence-electron chi connectivity index (χ4n) is 2.67. The number of benzene rings is 2. The summed E-state index contributed by atoms with van der Waals surface area (Å²) >= 11 is 0. The van der Waals surface area contributed by atoms with E-state index < -0.39 is 10.0 Å². The van der Waals surface area contributed by atoms with Crippen molar-refractivity contribution in [2.24, 2.45) is 0 Å². The molecule has 0 amide bonds. The van der Waals surface area contributed by atoms with Crippen molar-refractivity contribution >= 4 is 15.7 Å². The van der Waals surface area contributed by atoms with Gasteiger partial charge in [0.1, 0.15) is 5.82 Å². The molecular formula is C19H21FN4O3S. The van der Waals surface area contributed by atoms with Gasteiger partial charge < -0.3 is 9.73 Å². The second-order valence-electron chi connectivity index (χ2n) is 5.98. The molecule has 0 fully saturated rings. The van der Waals surface area contributed by atoms with Crippen molar-refractivity contribution < 1.29 is 17.2 Å². The third-order valence-corrected chi connectivity index (χ3v) is 6.26. The molecule has 0 atom stereocenters. The zero-order chi connectivity index (χ0) is 20.1. The summed E-state index contributed by atoms with van der Waals surface area (Å²) in [6.45, 7) is 4.73. The Morgan fingerprint density at radius 2 is 1.64 bits per heavy atom. The molecule has 3 rings (SSSR count). The van der Waals surface area contributed by atoms with Gasteiger partial charge in [0, 0.05) is 24.3 Å². The van der Waals surface area contributed by atoms with E-state index in [0.29, 0.717) is 30.4 Å². The molecule has 0 aliphatic carbocycles. The molecule has 0 aliphatic heterocycles. The number of aromatic nitrogens is 2. The lowest BCUT2D eigenvalue weighted by molar-refractivity contribution is 0.445. The van der Waals surface area contributed by atoms with Gasteiger partial charge in [-0.25, -0.2) is 12.8 Å². The van der Waals surface area contributed by atoms with Crippen LogP contribution in [0.1, 0.15) is 19.7 Å². The van der Waals surface area contributed by atoms with E-state index >= 15 is 0 Å².